The molecule has 2 fully saturated rings. The number of nitrogens with zero attached hydrogens (tertiary/aromatic N) is 3. The summed E-state index contributed by atoms with van der Waals surface area (Å²) < 4.78 is 40.8. The number of amides is 4. The summed E-state index contributed by atoms with van der Waals surface area (Å²) in [6.07, 6.45) is 1.92. The minimum absolute atomic E-state index is 0.136. The van der Waals surface area contributed by atoms with E-state index in [0.717, 1.165) is 36.3 Å². The van der Waals surface area contributed by atoms with Crippen molar-refractivity contribution in [3.05, 3.63) is 42.2 Å². The van der Waals surface area contributed by atoms with Crippen LogP contribution in [0.5, 0.6) is 0 Å². The number of halogens is 3. The van der Waals surface area contributed by atoms with Crippen molar-refractivity contribution in [2.75, 3.05) is 11.9 Å². The largest absolute Gasteiger partial charge is 0.416 e. The van der Waals surface area contributed by atoms with Crippen LogP contribution >= 0.6 is 0 Å². The molecule has 1 aliphatic heterocycles. The molecule has 0 unspecified atom stereocenters. The van der Waals surface area contributed by atoms with Gasteiger partial charge in [0.1, 0.15) is 12.1 Å². The highest BCUT2D eigenvalue weighted by Gasteiger charge is 2.51. The predicted molar refractivity (Wildman–Crippen MR) is 103 cm³/mol. The van der Waals surface area contributed by atoms with Gasteiger partial charge in [-0.3, -0.25) is 14.5 Å². The Hall–Kier alpha value is -3.37. The van der Waals surface area contributed by atoms with Crippen molar-refractivity contribution in [3.63, 3.8) is 0 Å². The van der Waals surface area contributed by atoms with E-state index in [-0.39, 0.29) is 11.4 Å². The van der Waals surface area contributed by atoms with Gasteiger partial charge in [0.25, 0.3) is 5.91 Å². The molecule has 1 saturated heterocycles. The van der Waals surface area contributed by atoms with Crippen LogP contribution in [-0.2, 0) is 15.8 Å². The zero-order valence-electron chi connectivity index (χ0n) is 16.4. The molecule has 1 saturated carbocycles. The fraction of sp³-hybridized carbons (Fsp3) is 0.400. The number of benzene rings is 1. The van der Waals surface area contributed by atoms with Gasteiger partial charge in [-0.25, -0.2) is 9.48 Å². The van der Waals surface area contributed by atoms with E-state index in [4.69, 9.17) is 0 Å². The highest BCUT2D eigenvalue weighted by atomic mass is 19.4. The molecular weight excluding hydrogens is 415 g/mol. The predicted octanol–water partition coefficient (Wildman–Crippen LogP) is 3.08. The lowest BCUT2D eigenvalue weighted by Gasteiger charge is -2.30. The summed E-state index contributed by atoms with van der Waals surface area (Å²) in [7, 11) is 0. The zero-order chi connectivity index (χ0) is 22.2. The van der Waals surface area contributed by atoms with Crippen molar-refractivity contribution in [1.29, 1.82) is 0 Å². The van der Waals surface area contributed by atoms with Crippen molar-refractivity contribution in [3.8, 4) is 5.69 Å². The molecule has 2 heterocycles. The Morgan fingerprint density at radius 1 is 1.19 bits per heavy atom. The molecule has 4 rings (SSSR count). The van der Waals surface area contributed by atoms with Crippen LogP contribution in [0.3, 0.4) is 0 Å². The van der Waals surface area contributed by atoms with Crippen LogP contribution in [0.1, 0.15) is 37.7 Å². The number of carbonyl (C=O) groups excluding carboxylic acids is 3. The van der Waals surface area contributed by atoms with E-state index >= 15 is 0 Å². The maximum atomic E-state index is 13.2. The molecule has 0 bridgehead atoms. The highest BCUT2D eigenvalue weighted by molar-refractivity contribution is 6.10. The van der Waals surface area contributed by atoms with Gasteiger partial charge >= 0.3 is 12.2 Å². The van der Waals surface area contributed by atoms with Crippen molar-refractivity contribution < 1.29 is 27.6 Å². The average Bonchev–Trinajstić information content (AvgIpc) is 3.32. The van der Waals surface area contributed by atoms with E-state index in [1.807, 2.05) is 0 Å². The summed E-state index contributed by atoms with van der Waals surface area (Å²) >= 11 is 0. The smallest absolute Gasteiger partial charge is 0.323 e. The van der Waals surface area contributed by atoms with Crippen LogP contribution in [-0.4, -0.2) is 44.6 Å². The quantitative estimate of drug-likeness (QED) is 0.722. The number of hydrogen-bond donors (Lipinski definition) is 2. The van der Waals surface area contributed by atoms with Crippen molar-refractivity contribution in [2.45, 2.75) is 43.8 Å². The molecule has 1 spiro atoms. The molecule has 4 amide bonds. The molecule has 0 radical (unpaired) electrons. The van der Waals surface area contributed by atoms with Gasteiger partial charge in [0, 0.05) is 12.4 Å². The molecule has 11 heteroatoms. The first-order chi connectivity index (χ1) is 14.7. The van der Waals surface area contributed by atoms with E-state index < -0.39 is 41.7 Å². The number of rotatable bonds is 4. The molecule has 1 aromatic heterocycles. The minimum atomic E-state index is -4.61. The molecule has 8 nitrogen and oxygen atoms in total. The summed E-state index contributed by atoms with van der Waals surface area (Å²) in [5, 5.41) is 9.08. The van der Waals surface area contributed by atoms with Crippen LogP contribution in [0.2, 0.25) is 0 Å². The number of hydrogen-bond acceptors (Lipinski definition) is 4. The van der Waals surface area contributed by atoms with Gasteiger partial charge in [0.05, 0.1) is 16.9 Å². The first kappa shape index (κ1) is 20.9. The van der Waals surface area contributed by atoms with E-state index in [9.17, 15) is 27.6 Å². The van der Waals surface area contributed by atoms with Crippen LogP contribution in [0, 0.1) is 0 Å². The molecular formula is C20H20F3N5O3. The Balaban J connectivity index is 1.55. The topological polar surface area (TPSA) is 96.3 Å². The lowest BCUT2D eigenvalue weighted by Crippen LogP contribution is -2.48. The molecule has 1 aliphatic carbocycles. The number of alkyl halides is 3. The Labute approximate surface area is 175 Å². The SMILES string of the molecule is O=C(CN1C(=O)NC2(CCCCC2)C1=O)Nc1cc(C(F)(F)F)ccc1-n1cccn1. The number of urea groups is 1. The number of carbonyl (C=O) groups is 3. The number of aromatic nitrogens is 2. The fourth-order valence-corrected chi connectivity index (χ4v) is 4.07. The summed E-state index contributed by atoms with van der Waals surface area (Å²) in [4.78, 5) is 38.6. The Morgan fingerprint density at radius 3 is 2.58 bits per heavy atom. The second-order valence-electron chi connectivity index (χ2n) is 7.69. The van der Waals surface area contributed by atoms with Crippen LogP contribution in [0.25, 0.3) is 5.69 Å². The normalized spacial score (nSPS) is 18.4. The molecule has 2 aromatic rings. The summed E-state index contributed by atoms with van der Waals surface area (Å²) in [5.41, 5.74) is -1.85. The maximum absolute atomic E-state index is 13.2. The van der Waals surface area contributed by atoms with Gasteiger partial charge in [0.15, 0.2) is 0 Å². The third-order valence-corrected chi connectivity index (χ3v) is 5.60. The first-order valence-electron chi connectivity index (χ1n) is 9.85. The van der Waals surface area contributed by atoms with Crippen LogP contribution in [0.4, 0.5) is 23.7 Å². The van der Waals surface area contributed by atoms with Gasteiger partial charge < -0.3 is 10.6 Å². The Morgan fingerprint density at radius 2 is 1.94 bits per heavy atom. The van der Waals surface area contributed by atoms with Crippen molar-refractivity contribution in [1.82, 2.24) is 20.0 Å². The monoisotopic (exact) mass is 435 g/mol. The van der Waals surface area contributed by atoms with Gasteiger partial charge in [-0.1, -0.05) is 19.3 Å². The molecule has 164 valence electrons. The average molecular weight is 435 g/mol. The first-order valence-corrected chi connectivity index (χ1v) is 9.85. The standard InChI is InChI=1S/C20H20F3N5O3/c21-20(22,23)13-5-6-15(28-10-4-9-24-28)14(11-13)25-16(29)12-27-17(30)19(26-18(27)31)7-2-1-3-8-19/h4-6,9-11H,1-3,7-8,12H2,(H,25,29)(H,26,31). The molecule has 2 N–H and O–H groups in total. The van der Waals surface area contributed by atoms with Gasteiger partial charge in [-0.15, -0.1) is 0 Å². The van der Waals surface area contributed by atoms with Gasteiger partial charge in [-0.05, 0) is 37.1 Å². The Kier molecular flexibility index (Phi) is 5.19. The van der Waals surface area contributed by atoms with E-state index in [0.29, 0.717) is 12.8 Å². The van der Waals surface area contributed by atoms with Gasteiger partial charge in [0.2, 0.25) is 5.91 Å². The second-order valence-corrected chi connectivity index (χ2v) is 7.69. The second kappa shape index (κ2) is 7.71. The third kappa shape index (κ3) is 3.99. The summed E-state index contributed by atoms with van der Waals surface area (Å²) in [6, 6.07) is 3.79. The molecule has 31 heavy (non-hydrogen) atoms. The molecule has 0 atom stereocenters. The molecule has 1 aromatic carbocycles. The fourth-order valence-electron chi connectivity index (χ4n) is 4.07. The van der Waals surface area contributed by atoms with E-state index in [1.165, 1.54) is 23.1 Å². The zero-order valence-corrected chi connectivity index (χ0v) is 16.4. The number of imide groups is 1. The highest BCUT2D eigenvalue weighted by Crippen LogP contribution is 2.35. The Bertz CT molecular complexity index is 1010. The lowest BCUT2D eigenvalue weighted by atomic mass is 9.82. The van der Waals surface area contributed by atoms with E-state index in [1.54, 1.807) is 6.07 Å². The number of nitrogens with one attached hydrogen (secondary N) is 2. The van der Waals surface area contributed by atoms with Crippen LogP contribution in [0.15, 0.2) is 36.7 Å². The van der Waals surface area contributed by atoms with Crippen molar-refractivity contribution in [2.24, 2.45) is 0 Å². The maximum Gasteiger partial charge on any atom is 0.416 e. The summed E-state index contributed by atoms with van der Waals surface area (Å²) in [6.45, 7) is -0.596. The van der Waals surface area contributed by atoms with E-state index in [2.05, 4.69) is 15.7 Å². The molecule has 2 aliphatic rings. The number of anilines is 1. The lowest BCUT2D eigenvalue weighted by molar-refractivity contribution is -0.137. The van der Waals surface area contributed by atoms with Crippen molar-refractivity contribution >= 4 is 23.5 Å². The van der Waals surface area contributed by atoms with Gasteiger partial charge in [-0.2, -0.15) is 18.3 Å². The van der Waals surface area contributed by atoms with Crippen LogP contribution < -0.4 is 10.6 Å². The summed E-state index contributed by atoms with van der Waals surface area (Å²) in [5.74, 6) is -1.26. The third-order valence-electron chi connectivity index (χ3n) is 5.60. The minimum Gasteiger partial charge on any atom is -0.323 e.